The second kappa shape index (κ2) is 9.37. The molecular formula is C26H24F3NO4. The molecule has 5 nitrogen and oxygen atoms in total. The fourth-order valence-corrected chi connectivity index (χ4v) is 4.40. The van der Waals surface area contributed by atoms with Gasteiger partial charge in [-0.1, -0.05) is 24.3 Å². The number of Topliss-reactive ketones (excluding diaryl/α,β-unsaturated/α-hetero) is 1. The predicted octanol–water partition coefficient (Wildman–Crippen LogP) is 5.43. The number of benzene rings is 2. The van der Waals surface area contributed by atoms with Gasteiger partial charge in [0.2, 0.25) is 0 Å². The van der Waals surface area contributed by atoms with Crippen LogP contribution in [0, 0.1) is 0 Å². The molecule has 8 heteroatoms. The second-order valence-corrected chi connectivity index (χ2v) is 8.31. The van der Waals surface area contributed by atoms with E-state index in [1.54, 1.807) is 38.3 Å². The third kappa shape index (κ3) is 4.71. The van der Waals surface area contributed by atoms with Gasteiger partial charge in [0.25, 0.3) is 0 Å². The Morgan fingerprint density at radius 1 is 1.06 bits per heavy atom. The highest BCUT2D eigenvalue weighted by Crippen LogP contribution is 2.43. The van der Waals surface area contributed by atoms with Crippen molar-refractivity contribution in [2.45, 2.75) is 44.9 Å². The highest BCUT2D eigenvalue weighted by molar-refractivity contribution is 6.03. The largest absolute Gasteiger partial charge is 0.497 e. The van der Waals surface area contributed by atoms with Crippen molar-refractivity contribution >= 4 is 11.8 Å². The van der Waals surface area contributed by atoms with Crippen LogP contribution < -0.4 is 10.1 Å². The average molecular weight is 471 g/mol. The molecule has 0 saturated carbocycles. The van der Waals surface area contributed by atoms with Crippen molar-refractivity contribution in [3.8, 4) is 5.75 Å². The molecule has 1 N–H and O–H groups in total. The van der Waals surface area contributed by atoms with Crippen LogP contribution in [0.5, 0.6) is 5.75 Å². The third-order valence-electron chi connectivity index (χ3n) is 6.10. The molecule has 0 aromatic heterocycles. The van der Waals surface area contributed by atoms with Crippen LogP contribution in [-0.2, 0) is 27.1 Å². The maximum absolute atomic E-state index is 13.2. The Morgan fingerprint density at radius 2 is 1.74 bits per heavy atom. The number of ether oxygens (including phenoxy) is 2. The highest BCUT2D eigenvalue weighted by Gasteiger charge is 2.39. The zero-order valence-corrected chi connectivity index (χ0v) is 18.8. The molecule has 0 fully saturated rings. The number of hydrogen-bond acceptors (Lipinski definition) is 5. The third-order valence-corrected chi connectivity index (χ3v) is 6.10. The number of carbonyl (C=O) groups excluding carboxylic acids is 2. The lowest BCUT2D eigenvalue weighted by Crippen LogP contribution is -2.34. The molecule has 0 amide bonds. The van der Waals surface area contributed by atoms with E-state index in [4.69, 9.17) is 9.47 Å². The van der Waals surface area contributed by atoms with E-state index < -0.39 is 23.6 Å². The number of nitrogens with one attached hydrogen (secondary N) is 1. The van der Waals surface area contributed by atoms with Crippen LogP contribution in [0.25, 0.3) is 0 Å². The number of allylic oxidation sites excluding steroid dienone is 3. The Balaban J connectivity index is 1.67. The van der Waals surface area contributed by atoms with Gasteiger partial charge in [0, 0.05) is 29.3 Å². The highest BCUT2D eigenvalue weighted by atomic mass is 19.4. The normalized spacial score (nSPS) is 18.4. The number of esters is 1. The van der Waals surface area contributed by atoms with Crippen molar-refractivity contribution in [1.29, 1.82) is 0 Å². The first-order chi connectivity index (χ1) is 16.2. The summed E-state index contributed by atoms with van der Waals surface area (Å²) in [5.74, 6) is -0.875. The van der Waals surface area contributed by atoms with Crippen LogP contribution in [0.2, 0.25) is 0 Å². The van der Waals surface area contributed by atoms with Crippen LogP contribution in [0.15, 0.2) is 71.1 Å². The quantitative estimate of drug-likeness (QED) is 0.590. The molecule has 2 aromatic carbocycles. The minimum Gasteiger partial charge on any atom is -0.497 e. The zero-order chi connectivity index (χ0) is 24.5. The van der Waals surface area contributed by atoms with E-state index in [-0.39, 0.29) is 18.0 Å². The number of methoxy groups -OCH3 is 1. The molecule has 1 heterocycles. The van der Waals surface area contributed by atoms with Gasteiger partial charge in [-0.05, 0) is 55.2 Å². The van der Waals surface area contributed by atoms with Gasteiger partial charge in [-0.25, -0.2) is 4.79 Å². The molecule has 0 unspecified atom stereocenters. The molecule has 1 atom stereocenters. The van der Waals surface area contributed by atoms with Crippen molar-refractivity contribution in [1.82, 2.24) is 5.32 Å². The molecule has 0 radical (unpaired) electrons. The first kappa shape index (κ1) is 23.6. The molecule has 2 aliphatic rings. The van der Waals surface area contributed by atoms with E-state index in [1.807, 2.05) is 0 Å². The molecule has 178 valence electrons. The minimum absolute atomic E-state index is 0.000803. The lowest BCUT2D eigenvalue weighted by molar-refractivity contribution is -0.141. The van der Waals surface area contributed by atoms with E-state index >= 15 is 0 Å². The number of halogens is 3. The van der Waals surface area contributed by atoms with Crippen LogP contribution in [-0.4, -0.2) is 18.9 Å². The fraction of sp³-hybridized carbons (Fsp3) is 0.308. The van der Waals surface area contributed by atoms with Gasteiger partial charge in [-0.2, -0.15) is 13.2 Å². The van der Waals surface area contributed by atoms with Gasteiger partial charge in [-0.15, -0.1) is 0 Å². The summed E-state index contributed by atoms with van der Waals surface area (Å²) in [6, 6.07) is 11.6. The Labute approximate surface area is 195 Å². The summed E-state index contributed by atoms with van der Waals surface area (Å²) in [6.07, 6.45) is -2.85. The fourth-order valence-electron chi connectivity index (χ4n) is 4.40. The summed E-state index contributed by atoms with van der Waals surface area (Å²) in [6.45, 7) is 1.71. The number of carbonyl (C=O) groups is 2. The summed E-state index contributed by atoms with van der Waals surface area (Å²) >= 11 is 0. The first-order valence-electron chi connectivity index (χ1n) is 10.9. The maximum atomic E-state index is 13.2. The van der Waals surface area contributed by atoms with Crippen LogP contribution >= 0.6 is 0 Å². The Hall–Kier alpha value is -3.55. The summed E-state index contributed by atoms with van der Waals surface area (Å²) in [5.41, 5.74) is 2.28. The van der Waals surface area contributed by atoms with Gasteiger partial charge in [-0.3, -0.25) is 4.79 Å². The SMILES string of the molecule is COc1ccc(COC(=O)C2=C(C)NC3=C(C(=O)CCC3)[C@H]2c2ccc(C(F)(F)F)cc2)cc1. The molecular weight excluding hydrogens is 447 g/mol. The number of rotatable bonds is 5. The summed E-state index contributed by atoms with van der Waals surface area (Å²) in [4.78, 5) is 26.1. The predicted molar refractivity (Wildman–Crippen MR) is 119 cm³/mol. The molecule has 0 spiro atoms. The Morgan fingerprint density at radius 3 is 2.35 bits per heavy atom. The monoisotopic (exact) mass is 471 g/mol. The molecule has 2 aromatic rings. The molecule has 1 aliphatic heterocycles. The van der Waals surface area contributed by atoms with Gasteiger partial charge in [0.1, 0.15) is 12.4 Å². The lowest BCUT2D eigenvalue weighted by atomic mass is 9.75. The number of hydrogen-bond donors (Lipinski definition) is 1. The summed E-state index contributed by atoms with van der Waals surface area (Å²) in [5, 5.41) is 3.17. The lowest BCUT2D eigenvalue weighted by Gasteiger charge is -2.34. The van der Waals surface area contributed by atoms with Gasteiger partial charge >= 0.3 is 12.1 Å². The van der Waals surface area contributed by atoms with Crippen molar-refractivity contribution in [2.24, 2.45) is 0 Å². The minimum atomic E-state index is -4.48. The Bertz CT molecular complexity index is 1160. The van der Waals surface area contributed by atoms with Crippen molar-refractivity contribution in [3.63, 3.8) is 0 Å². The smallest absolute Gasteiger partial charge is 0.416 e. The van der Waals surface area contributed by atoms with E-state index in [1.165, 1.54) is 12.1 Å². The molecule has 1 aliphatic carbocycles. The van der Waals surface area contributed by atoms with Crippen molar-refractivity contribution < 1.29 is 32.2 Å². The van der Waals surface area contributed by atoms with E-state index in [0.717, 1.165) is 17.7 Å². The summed E-state index contributed by atoms with van der Waals surface area (Å²) in [7, 11) is 1.55. The van der Waals surface area contributed by atoms with Crippen LogP contribution in [0.3, 0.4) is 0 Å². The van der Waals surface area contributed by atoms with E-state index in [2.05, 4.69) is 5.32 Å². The Kier molecular flexibility index (Phi) is 6.50. The maximum Gasteiger partial charge on any atom is 0.416 e. The van der Waals surface area contributed by atoms with Crippen LogP contribution in [0.1, 0.15) is 48.8 Å². The molecule has 34 heavy (non-hydrogen) atoms. The summed E-state index contributed by atoms with van der Waals surface area (Å²) < 4.78 is 50.0. The zero-order valence-electron chi connectivity index (χ0n) is 18.8. The molecule has 0 bridgehead atoms. The first-order valence-corrected chi connectivity index (χ1v) is 10.9. The van der Waals surface area contributed by atoms with Gasteiger partial charge in [0.05, 0.1) is 18.2 Å². The topological polar surface area (TPSA) is 64.6 Å². The number of ketones is 1. The van der Waals surface area contributed by atoms with Crippen molar-refractivity contribution in [2.75, 3.05) is 7.11 Å². The number of alkyl halides is 3. The van der Waals surface area contributed by atoms with Gasteiger partial charge in [0.15, 0.2) is 5.78 Å². The second-order valence-electron chi connectivity index (χ2n) is 8.31. The van der Waals surface area contributed by atoms with Crippen LogP contribution in [0.4, 0.5) is 13.2 Å². The number of dihydropyridines is 1. The van der Waals surface area contributed by atoms with Crippen molar-refractivity contribution in [3.05, 3.63) is 87.8 Å². The van der Waals surface area contributed by atoms with E-state index in [9.17, 15) is 22.8 Å². The van der Waals surface area contributed by atoms with E-state index in [0.29, 0.717) is 47.5 Å². The van der Waals surface area contributed by atoms with Gasteiger partial charge < -0.3 is 14.8 Å². The standard InChI is InChI=1S/C26H24F3NO4/c1-15-22(25(32)34-14-16-6-12-19(33-2)13-7-16)23(24-20(30-15)4-3-5-21(24)31)17-8-10-18(11-9-17)26(27,28)29/h6-13,23,30H,3-5,14H2,1-2H3/t23-/m0/s1. The molecule has 4 rings (SSSR count). The average Bonchev–Trinajstić information content (AvgIpc) is 2.81. The molecule has 0 saturated heterocycles.